The first kappa shape index (κ1) is 29.5. The largest absolute Gasteiger partial charge is 0.444 e. The number of rotatable bonds is 7. The van der Waals surface area contributed by atoms with E-state index in [0.29, 0.717) is 0 Å². The highest BCUT2D eigenvalue weighted by Gasteiger charge is 2.39. The van der Waals surface area contributed by atoms with E-state index in [1.807, 2.05) is 80.5 Å². The van der Waals surface area contributed by atoms with Crippen molar-refractivity contribution < 1.29 is 19.1 Å². The third-order valence-corrected chi connectivity index (χ3v) is 5.29. The lowest BCUT2D eigenvalue weighted by atomic mass is 9.95. The summed E-state index contributed by atoms with van der Waals surface area (Å²) in [5.74, 6) is -0.812. The first-order chi connectivity index (χ1) is 15.3. The van der Waals surface area contributed by atoms with Gasteiger partial charge in [0.2, 0.25) is 11.8 Å². The third-order valence-electron chi connectivity index (χ3n) is 5.29. The number of ether oxygens (including phenoxy) is 1. The summed E-state index contributed by atoms with van der Waals surface area (Å²) in [6, 6.07) is 3.80. The van der Waals surface area contributed by atoms with Crippen molar-refractivity contribution in [2.45, 2.75) is 112 Å². The SMILES string of the molecule is Cc1ccc(C(C(=O)NC(C)(C)C)N(C(=O)C(NC(=O)OC(C)(C)C)C(C)C)C(C)C)cc1C. The van der Waals surface area contributed by atoms with Gasteiger partial charge in [0.15, 0.2) is 0 Å². The number of carbonyl (C=O) groups excluding carboxylic acids is 3. The van der Waals surface area contributed by atoms with Crippen LogP contribution in [0.2, 0.25) is 0 Å². The van der Waals surface area contributed by atoms with E-state index >= 15 is 0 Å². The number of amides is 3. The maximum absolute atomic E-state index is 13.9. The van der Waals surface area contributed by atoms with E-state index in [0.717, 1.165) is 16.7 Å². The minimum absolute atomic E-state index is 0.215. The number of aryl methyl sites for hydroxylation is 2. The molecule has 0 bridgehead atoms. The average Bonchev–Trinajstić information content (AvgIpc) is 2.62. The number of nitrogens with zero attached hydrogens (tertiary/aromatic N) is 1. The Labute approximate surface area is 206 Å². The summed E-state index contributed by atoms with van der Waals surface area (Å²) in [5.41, 5.74) is 1.70. The second kappa shape index (κ2) is 11.2. The Balaban J connectivity index is 3.52. The van der Waals surface area contributed by atoms with Gasteiger partial charge in [-0.25, -0.2) is 4.79 Å². The van der Waals surface area contributed by atoms with E-state index in [4.69, 9.17) is 4.74 Å². The van der Waals surface area contributed by atoms with Crippen LogP contribution in [0, 0.1) is 19.8 Å². The van der Waals surface area contributed by atoms with E-state index in [9.17, 15) is 14.4 Å². The van der Waals surface area contributed by atoms with Gasteiger partial charge in [0.1, 0.15) is 17.7 Å². The molecule has 1 aromatic rings. The summed E-state index contributed by atoms with van der Waals surface area (Å²) in [6.45, 7) is 22.5. The average molecular weight is 476 g/mol. The lowest BCUT2D eigenvalue weighted by Gasteiger charge is -2.39. The van der Waals surface area contributed by atoms with Crippen LogP contribution in [0.5, 0.6) is 0 Å². The maximum atomic E-state index is 13.9. The molecule has 0 aliphatic heterocycles. The fraction of sp³-hybridized carbons (Fsp3) is 0.667. The summed E-state index contributed by atoms with van der Waals surface area (Å²) in [7, 11) is 0. The van der Waals surface area contributed by atoms with Crippen LogP contribution in [0.3, 0.4) is 0 Å². The molecule has 34 heavy (non-hydrogen) atoms. The normalized spacial score (nSPS) is 13.9. The molecule has 2 unspecified atom stereocenters. The van der Waals surface area contributed by atoms with Gasteiger partial charge in [-0.05, 0) is 91.8 Å². The Bertz CT molecular complexity index is 879. The van der Waals surface area contributed by atoms with Crippen LogP contribution < -0.4 is 10.6 Å². The van der Waals surface area contributed by atoms with Crippen LogP contribution >= 0.6 is 0 Å². The number of hydrogen-bond acceptors (Lipinski definition) is 4. The Hall–Kier alpha value is -2.57. The van der Waals surface area contributed by atoms with Crippen LogP contribution in [0.15, 0.2) is 18.2 Å². The predicted molar refractivity (Wildman–Crippen MR) is 137 cm³/mol. The van der Waals surface area contributed by atoms with Gasteiger partial charge in [0.05, 0.1) is 0 Å². The number of alkyl carbamates (subject to hydrolysis) is 1. The Morgan fingerprint density at radius 2 is 1.47 bits per heavy atom. The zero-order valence-corrected chi connectivity index (χ0v) is 23.1. The van der Waals surface area contributed by atoms with Crippen LogP contribution in [0.25, 0.3) is 0 Å². The minimum atomic E-state index is -0.854. The molecule has 0 saturated heterocycles. The van der Waals surface area contributed by atoms with E-state index in [1.54, 1.807) is 25.7 Å². The predicted octanol–water partition coefficient (Wildman–Crippen LogP) is 5.05. The molecular formula is C27H45N3O4. The van der Waals surface area contributed by atoms with Gasteiger partial charge >= 0.3 is 6.09 Å². The van der Waals surface area contributed by atoms with Gasteiger partial charge < -0.3 is 20.3 Å². The monoisotopic (exact) mass is 475 g/mol. The molecule has 192 valence electrons. The van der Waals surface area contributed by atoms with Gasteiger partial charge in [-0.2, -0.15) is 0 Å². The molecule has 2 N–H and O–H groups in total. The molecule has 2 atom stereocenters. The zero-order chi connectivity index (χ0) is 26.6. The van der Waals surface area contributed by atoms with Crippen molar-refractivity contribution in [1.29, 1.82) is 0 Å². The molecule has 7 nitrogen and oxygen atoms in total. The van der Waals surface area contributed by atoms with Gasteiger partial charge in [0.25, 0.3) is 0 Å². The number of hydrogen-bond donors (Lipinski definition) is 2. The highest BCUT2D eigenvalue weighted by molar-refractivity contribution is 5.92. The Morgan fingerprint density at radius 3 is 1.88 bits per heavy atom. The molecule has 0 aliphatic rings. The highest BCUT2D eigenvalue weighted by Crippen LogP contribution is 2.28. The molecule has 1 rings (SSSR count). The minimum Gasteiger partial charge on any atom is -0.444 e. The molecule has 1 aromatic carbocycles. The summed E-state index contributed by atoms with van der Waals surface area (Å²) < 4.78 is 5.40. The molecule has 0 aliphatic carbocycles. The molecule has 0 spiro atoms. The first-order valence-corrected chi connectivity index (χ1v) is 12.0. The van der Waals surface area contributed by atoms with Gasteiger partial charge in [-0.15, -0.1) is 0 Å². The summed E-state index contributed by atoms with van der Waals surface area (Å²) in [4.78, 5) is 41.6. The Kier molecular flexibility index (Phi) is 9.74. The van der Waals surface area contributed by atoms with Crippen LogP contribution in [-0.4, -0.2) is 46.0 Å². The summed E-state index contributed by atoms with van der Waals surface area (Å²) in [6.07, 6.45) is -0.662. The van der Waals surface area contributed by atoms with Crippen LogP contribution in [0.1, 0.15) is 92.0 Å². The maximum Gasteiger partial charge on any atom is 0.408 e. The van der Waals surface area contributed by atoms with Gasteiger partial charge in [-0.3, -0.25) is 9.59 Å². The van der Waals surface area contributed by atoms with Crippen molar-refractivity contribution in [3.05, 3.63) is 34.9 Å². The fourth-order valence-electron chi connectivity index (χ4n) is 3.60. The van der Waals surface area contributed by atoms with Crippen LogP contribution in [0.4, 0.5) is 4.79 Å². The van der Waals surface area contributed by atoms with E-state index < -0.39 is 29.3 Å². The first-order valence-electron chi connectivity index (χ1n) is 12.0. The lowest BCUT2D eigenvalue weighted by Crippen LogP contribution is -2.57. The van der Waals surface area contributed by atoms with Crippen molar-refractivity contribution in [1.82, 2.24) is 15.5 Å². The van der Waals surface area contributed by atoms with E-state index in [-0.39, 0.29) is 23.8 Å². The van der Waals surface area contributed by atoms with Crippen molar-refractivity contribution in [2.24, 2.45) is 5.92 Å². The molecule has 0 fully saturated rings. The fourth-order valence-corrected chi connectivity index (χ4v) is 3.60. The third kappa shape index (κ3) is 8.65. The molecule has 7 heteroatoms. The molecule has 0 heterocycles. The lowest BCUT2D eigenvalue weighted by molar-refractivity contribution is -0.146. The van der Waals surface area contributed by atoms with Crippen molar-refractivity contribution in [3.63, 3.8) is 0 Å². The number of carbonyl (C=O) groups is 3. The van der Waals surface area contributed by atoms with Gasteiger partial charge in [0, 0.05) is 11.6 Å². The number of benzene rings is 1. The Morgan fingerprint density at radius 1 is 0.912 bits per heavy atom. The standard InChI is InChI=1S/C27H45N3O4/c1-16(2)21(28-25(33)34-27(10,11)12)24(32)30(17(3)4)22(23(31)29-26(7,8)9)20-14-13-18(5)19(6)15-20/h13-17,21-22H,1-12H3,(H,28,33)(H,29,31). The quantitative estimate of drug-likeness (QED) is 0.578. The van der Waals surface area contributed by atoms with Crippen LogP contribution in [-0.2, 0) is 14.3 Å². The van der Waals surface area contributed by atoms with Crippen molar-refractivity contribution >= 4 is 17.9 Å². The zero-order valence-electron chi connectivity index (χ0n) is 23.1. The van der Waals surface area contributed by atoms with E-state index in [2.05, 4.69) is 10.6 Å². The second-order valence-electron chi connectivity index (χ2n) is 11.7. The summed E-state index contributed by atoms with van der Waals surface area (Å²) in [5, 5.41) is 5.78. The molecule has 3 amide bonds. The summed E-state index contributed by atoms with van der Waals surface area (Å²) >= 11 is 0. The number of nitrogens with one attached hydrogen (secondary N) is 2. The van der Waals surface area contributed by atoms with Crippen molar-refractivity contribution in [3.8, 4) is 0 Å². The molecule has 0 aromatic heterocycles. The van der Waals surface area contributed by atoms with E-state index in [1.165, 1.54) is 0 Å². The van der Waals surface area contributed by atoms with Gasteiger partial charge in [-0.1, -0.05) is 32.0 Å². The molecular weight excluding hydrogens is 430 g/mol. The second-order valence-corrected chi connectivity index (χ2v) is 11.7. The topological polar surface area (TPSA) is 87.7 Å². The van der Waals surface area contributed by atoms with Crippen molar-refractivity contribution in [2.75, 3.05) is 0 Å². The highest BCUT2D eigenvalue weighted by atomic mass is 16.6. The smallest absolute Gasteiger partial charge is 0.408 e. The molecule has 0 radical (unpaired) electrons. The molecule has 0 saturated carbocycles.